The number of piperidine rings is 1. The molecule has 4 aromatic rings. The van der Waals surface area contributed by atoms with Crippen molar-refractivity contribution in [2.75, 3.05) is 13.1 Å². The predicted octanol–water partition coefficient (Wildman–Crippen LogP) is 6.53. The van der Waals surface area contributed by atoms with Crippen LogP contribution >= 0.6 is 0 Å². The fourth-order valence-electron chi connectivity index (χ4n) is 5.23. The molecule has 0 unspecified atom stereocenters. The molecule has 2 aliphatic rings. The number of aromatic nitrogens is 2. The maximum Gasteiger partial charge on any atom is 0.255 e. The summed E-state index contributed by atoms with van der Waals surface area (Å²) < 4.78 is 33.2. The SMILES string of the molecule is CCc1ccc(C=CC(=O)NCc2cc3cc(-c4ccc(C(=O)N5CCC(F)(F)CC5)cn4)cc(C4CC4)c3o2)cn1. The van der Waals surface area contributed by atoms with Gasteiger partial charge in [0.1, 0.15) is 11.3 Å². The molecule has 0 atom stereocenters. The minimum atomic E-state index is -2.70. The van der Waals surface area contributed by atoms with E-state index in [-0.39, 0.29) is 44.3 Å². The number of fused-ring (bicyclic) bond motifs is 1. The van der Waals surface area contributed by atoms with E-state index in [2.05, 4.69) is 21.4 Å². The Balaban J connectivity index is 1.15. The maximum absolute atomic E-state index is 13.5. The van der Waals surface area contributed by atoms with Gasteiger partial charge in [-0.05, 0) is 78.8 Å². The highest BCUT2D eigenvalue weighted by atomic mass is 19.3. The van der Waals surface area contributed by atoms with Crippen LogP contribution < -0.4 is 5.32 Å². The molecule has 7 nitrogen and oxygen atoms in total. The van der Waals surface area contributed by atoms with Crippen molar-refractivity contribution in [2.45, 2.75) is 57.4 Å². The number of nitrogens with zero attached hydrogens (tertiary/aromatic N) is 3. The van der Waals surface area contributed by atoms with Crippen LogP contribution in [0, 0.1) is 0 Å². The number of amides is 2. The third-order valence-corrected chi connectivity index (χ3v) is 7.88. The molecule has 42 heavy (non-hydrogen) atoms. The molecular weight excluding hydrogens is 538 g/mol. The van der Waals surface area contributed by atoms with Gasteiger partial charge in [0.15, 0.2) is 0 Å². The summed E-state index contributed by atoms with van der Waals surface area (Å²) in [5.74, 6) is -2.14. The average Bonchev–Trinajstić information content (AvgIpc) is 3.77. The van der Waals surface area contributed by atoms with E-state index in [1.807, 2.05) is 31.2 Å². The third kappa shape index (κ3) is 6.25. The van der Waals surface area contributed by atoms with Gasteiger partial charge in [0.2, 0.25) is 5.91 Å². The first kappa shape index (κ1) is 27.8. The molecule has 1 saturated heterocycles. The van der Waals surface area contributed by atoms with Gasteiger partial charge in [0.25, 0.3) is 11.8 Å². The van der Waals surface area contributed by atoms with Gasteiger partial charge >= 0.3 is 0 Å². The zero-order valence-electron chi connectivity index (χ0n) is 23.4. The highest BCUT2D eigenvalue weighted by Gasteiger charge is 2.36. The number of hydrogen-bond acceptors (Lipinski definition) is 5. The standard InChI is InChI=1S/C33H32F2N4O3/c1-2-26-8-3-21(18-36-26)4-10-30(40)38-20-27-16-25-15-24(17-28(22-5-6-22)31(25)42-27)29-9-7-23(19-37-29)32(41)39-13-11-33(34,35)12-14-39/h3-4,7-10,15-19,22H,2,5-6,11-14,20H2,1H3,(H,38,40). The van der Waals surface area contributed by atoms with Crippen LogP contribution in [0.15, 0.2) is 65.4 Å². The van der Waals surface area contributed by atoms with Crippen LogP contribution in [-0.4, -0.2) is 45.7 Å². The lowest BCUT2D eigenvalue weighted by Crippen LogP contribution is -2.42. The Bertz CT molecular complexity index is 1630. The van der Waals surface area contributed by atoms with Gasteiger partial charge in [0, 0.05) is 61.0 Å². The number of alkyl halides is 2. The van der Waals surface area contributed by atoms with Crippen molar-refractivity contribution >= 4 is 28.9 Å². The number of likely N-dealkylation sites (tertiary alicyclic amines) is 1. The third-order valence-electron chi connectivity index (χ3n) is 7.88. The molecule has 0 radical (unpaired) electrons. The van der Waals surface area contributed by atoms with Crippen LogP contribution in [0.2, 0.25) is 0 Å². The molecule has 1 aliphatic heterocycles. The van der Waals surface area contributed by atoms with Gasteiger partial charge in [-0.15, -0.1) is 0 Å². The Kier molecular flexibility index (Phi) is 7.58. The van der Waals surface area contributed by atoms with Crippen molar-refractivity contribution in [1.29, 1.82) is 0 Å². The van der Waals surface area contributed by atoms with Crippen LogP contribution in [0.25, 0.3) is 28.3 Å². The van der Waals surface area contributed by atoms with Crippen LogP contribution in [0.5, 0.6) is 0 Å². The summed E-state index contributed by atoms with van der Waals surface area (Å²) in [4.78, 5) is 35.6. The Hall–Kier alpha value is -4.40. The zero-order valence-corrected chi connectivity index (χ0v) is 23.4. The van der Waals surface area contributed by atoms with E-state index in [0.717, 1.165) is 52.6 Å². The van der Waals surface area contributed by atoms with Crippen molar-refractivity contribution in [3.63, 3.8) is 0 Å². The summed E-state index contributed by atoms with van der Waals surface area (Å²) >= 11 is 0. The zero-order chi connectivity index (χ0) is 29.3. The number of halogens is 2. The molecule has 0 spiro atoms. The first-order chi connectivity index (χ1) is 20.3. The number of furan rings is 1. The molecule has 3 aromatic heterocycles. The van der Waals surface area contributed by atoms with E-state index in [4.69, 9.17) is 4.42 Å². The molecule has 0 bridgehead atoms. The largest absolute Gasteiger partial charge is 0.459 e. The fraction of sp³-hybridized carbons (Fsp3) is 0.333. The smallest absolute Gasteiger partial charge is 0.255 e. The van der Waals surface area contributed by atoms with Crippen LogP contribution in [0.1, 0.15) is 71.5 Å². The van der Waals surface area contributed by atoms with E-state index < -0.39 is 5.92 Å². The molecule has 1 aromatic carbocycles. The van der Waals surface area contributed by atoms with E-state index in [0.29, 0.717) is 22.9 Å². The van der Waals surface area contributed by atoms with Crippen LogP contribution in [0.4, 0.5) is 8.78 Å². The summed E-state index contributed by atoms with van der Waals surface area (Å²) in [6, 6.07) is 13.4. The number of benzene rings is 1. The van der Waals surface area contributed by atoms with Crippen molar-refractivity contribution < 1.29 is 22.8 Å². The van der Waals surface area contributed by atoms with E-state index >= 15 is 0 Å². The molecule has 9 heteroatoms. The first-order valence-electron chi connectivity index (χ1n) is 14.4. The summed E-state index contributed by atoms with van der Waals surface area (Å²) in [5.41, 5.74) is 5.79. The molecule has 1 aliphatic carbocycles. The minimum Gasteiger partial charge on any atom is -0.459 e. The monoisotopic (exact) mass is 570 g/mol. The molecule has 6 rings (SSSR count). The predicted molar refractivity (Wildman–Crippen MR) is 156 cm³/mol. The lowest BCUT2D eigenvalue weighted by molar-refractivity contribution is -0.116. The van der Waals surface area contributed by atoms with Gasteiger partial charge in [0.05, 0.1) is 17.8 Å². The fourth-order valence-corrected chi connectivity index (χ4v) is 5.23. The molecule has 4 heterocycles. The number of aryl methyl sites for hydroxylation is 1. The highest BCUT2D eigenvalue weighted by Crippen LogP contribution is 2.45. The summed E-state index contributed by atoms with van der Waals surface area (Å²) in [6.45, 7) is 2.38. The maximum atomic E-state index is 13.5. The Morgan fingerprint density at radius 1 is 1.07 bits per heavy atom. The molecule has 1 saturated carbocycles. The van der Waals surface area contributed by atoms with Gasteiger partial charge in [-0.3, -0.25) is 19.6 Å². The van der Waals surface area contributed by atoms with Crippen molar-refractivity contribution in [3.8, 4) is 11.3 Å². The minimum absolute atomic E-state index is 0.0406. The molecular formula is C33H32F2N4O3. The summed E-state index contributed by atoms with van der Waals surface area (Å²) in [5, 5.41) is 3.81. The second-order valence-electron chi connectivity index (χ2n) is 11.0. The number of hydrogen-bond donors (Lipinski definition) is 1. The van der Waals surface area contributed by atoms with E-state index in [1.54, 1.807) is 24.4 Å². The lowest BCUT2D eigenvalue weighted by Gasteiger charge is -2.31. The second-order valence-corrected chi connectivity index (χ2v) is 11.0. The molecule has 216 valence electrons. The van der Waals surface area contributed by atoms with Crippen molar-refractivity contribution in [1.82, 2.24) is 20.2 Å². The summed E-state index contributed by atoms with van der Waals surface area (Å²) in [6.07, 6.45) is 8.89. The van der Waals surface area contributed by atoms with Gasteiger partial charge in [-0.1, -0.05) is 13.0 Å². The number of carbonyl (C=O) groups excluding carboxylic acids is 2. The quantitative estimate of drug-likeness (QED) is 0.243. The van der Waals surface area contributed by atoms with Gasteiger partial charge < -0.3 is 14.6 Å². The van der Waals surface area contributed by atoms with Crippen molar-refractivity contribution in [2.24, 2.45) is 0 Å². The van der Waals surface area contributed by atoms with Gasteiger partial charge in [-0.25, -0.2) is 8.78 Å². The Morgan fingerprint density at radius 3 is 2.55 bits per heavy atom. The molecule has 1 N–H and O–H groups in total. The topological polar surface area (TPSA) is 88.3 Å². The average molecular weight is 571 g/mol. The molecule has 2 fully saturated rings. The summed E-state index contributed by atoms with van der Waals surface area (Å²) in [7, 11) is 0. The number of carbonyl (C=O) groups is 2. The van der Waals surface area contributed by atoms with Gasteiger partial charge in [-0.2, -0.15) is 0 Å². The number of nitrogens with one attached hydrogen (secondary N) is 1. The Labute approximate surface area is 242 Å². The van der Waals surface area contributed by atoms with Crippen LogP contribution in [0.3, 0.4) is 0 Å². The van der Waals surface area contributed by atoms with Crippen LogP contribution in [-0.2, 0) is 17.8 Å². The number of pyridine rings is 2. The lowest BCUT2D eigenvalue weighted by atomic mass is 10.0. The van der Waals surface area contributed by atoms with Crippen molar-refractivity contribution in [3.05, 3.63) is 89.1 Å². The highest BCUT2D eigenvalue weighted by molar-refractivity contribution is 5.94. The first-order valence-corrected chi connectivity index (χ1v) is 14.4. The Morgan fingerprint density at radius 2 is 1.88 bits per heavy atom. The van der Waals surface area contributed by atoms with E-state index in [9.17, 15) is 18.4 Å². The number of rotatable bonds is 8. The molecule has 2 amide bonds. The second kappa shape index (κ2) is 11.5. The normalized spacial score (nSPS) is 16.7. The van der Waals surface area contributed by atoms with E-state index in [1.165, 1.54) is 17.2 Å².